The molecule has 3 nitrogen and oxygen atoms in total. The normalized spacial score (nSPS) is 40.3. The molecule has 0 amide bonds. The van der Waals surface area contributed by atoms with Crippen LogP contribution in [0, 0.1) is 0 Å². The first-order valence-electron chi connectivity index (χ1n) is 5.73. The molecule has 0 aromatic rings. The van der Waals surface area contributed by atoms with Crippen molar-refractivity contribution in [2.75, 3.05) is 33.3 Å². The molecule has 82 valence electrons. The van der Waals surface area contributed by atoms with Crippen molar-refractivity contribution >= 4 is 0 Å². The lowest BCUT2D eigenvalue weighted by molar-refractivity contribution is -0.0593. The summed E-state index contributed by atoms with van der Waals surface area (Å²) in [5, 5.41) is 3.43. The van der Waals surface area contributed by atoms with Crippen LogP contribution in [0.3, 0.4) is 0 Å². The van der Waals surface area contributed by atoms with E-state index in [4.69, 9.17) is 4.74 Å². The van der Waals surface area contributed by atoms with Gasteiger partial charge in [0.2, 0.25) is 0 Å². The number of hydrogen-bond acceptors (Lipinski definition) is 3. The van der Waals surface area contributed by atoms with E-state index in [0.29, 0.717) is 0 Å². The Bertz CT molecular complexity index is 192. The standard InChI is InChI=1S/C11H22N2O/c1-11(14-2)5-3-7-13(9-11)10-4-6-12-8-10/h10,12H,3-9H2,1-2H3. The molecular formula is C11H22N2O. The molecule has 2 saturated heterocycles. The second-order valence-electron chi connectivity index (χ2n) is 4.87. The highest BCUT2D eigenvalue weighted by molar-refractivity contribution is 4.90. The summed E-state index contributed by atoms with van der Waals surface area (Å²) in [6, 6.07) is 0.754. The highest BCUT2D eigenvalue weighted by Crippen LogP contribution is 2.26. The Hall–Kier alpha value is -0.120. The summed E-state index contributed by atoms with van der Waals surface area (Å²) < 4.78 is 5.61. The van der Waals surface area contributed by atoms with Crippen LogP contribution >= 0.6 is 0 Å². The van der Waals surface area contributed by atoms with E-state index in [1.165, 1.54) is 38.9 Å². The van der Waals surface area contributed by atoms with Crippen molar-refractivity contribution in [1.82, 2.24) is 10.2 Å². The van der Waals surface area contributed by atoms with Gasteiger partial charge in [0.25, 0.3) is 0 Å². The Morgan fingerprint density at radius 2 is 2.36 bits per heavy atom. The van der Waals surface area contributed by atoms with Gasteiger partial charge in [0, 0.05) is 26.2 Å². The third kappa shape index (κ3) is 2.10. The second-order valence-corrected chi connectivity index (χ2v) is 4.87. The summed E-state index contributed by atoms with van der Waals surface area (Å²) in [6.07, 6.45) is 3.79. The van der Waals surface area contributed by atoms with Gasteiger partial charge < -0.3 is 10.1 Å². The summed E-state index contributed by atoms with van der Waals surface area (Å²) >= 11 is 0. The maximum Gasteiger partial charge on any atom is 0.0777 e. The van der Waals surface area contributed by atoms with E-state index in [9.17, 15) is 0 Å². The molecule has 2 fully saturated rings. The molecule has 2 aliphatic heterocycles. The van der Waals surface area contributed by atoms with Gasteiger partial charge in [0.15, 0.2) is 0 Å². The van der Waals surface area contributed by atoms with Crippen LogP contribution in [0.1, 0.15) is 26.2 Å². The zero-order chi connectivity index (χ0) is 10.0. The Balaban J connectivity index is 1.93. The van der Waals surface area contributed by atoms with Crippen molar-refractivity contribution in [2.45, 2.75) is 37.8 Å². The molecule has 0 bridgehead atoms. The first kappa shape index (κ1) is 10.4. The second kappa shape index (κ2) is 4.17. The largest absolute Gasteiger partial charge is 0.377 e. The minimum Gasteiger partial charge on any atom is -0.377 e. The topological polar surface area (TPSA) is 24.5 Å². The third-order valence-corrected chi connectivity index (χ3v) is 3.73. The molecule has 2 atom stereocenters. The van der Waals surface area contributed by atoms with Crippen molar-refractivity contribution in [2.24, 2.45) is 0 Å². The van der Waals surface area contributed by atoms with Crippen LogP contribution in [0.5, 0.6) is 0 Å². The van der Waals surface area contributed by atoms with Crippen LogP contribution in [0.25, 0.3) is 0 Å². The summed E-state index contributed by atoms with van der Waals surface area (Å²) in [4.78, 5) is 2.60. The fourth-order valence-corrected chi connectivity index (χ4v) is 2.67. The number of rotatable bonds is 2. The highest BCUT2D eigenvalue weighted by Gasteiger charge is 2.34. The van der Waals surface area contributed by atoms with Gasteiger partial charge in [-0.3, -0.25) is 4.90 Å². The molecule has 0 aromatic heterocycles. The first-order chi connectivity index (χ1) is 6.73. The monoisotopic (exact) mass is 198 g/mol. The zero-order valence-electron chi connectivity index (χ0n) is 9.38. The number of nitrogens with zero attached hydrogens (tertiary/aromatic N) is 1. The van der Waals surface area contributed by atoms with Gasteiger partial charge in [-0.1, -0.05) is 0 Å². The van der Waals surface area contributed by atoms with Crippen molar-refractivity contribution < 1.29 is 4.74 Å². The minimum absolute atomic E-state index is 0.0981. The van der Waals surface area contributed by atoms with Gasteiger partial charge in [-0.2, -0.15) is 0 Å². The number of methoxy groups -OCH3 is 1. The van der Waals surface area contributed by atoms with E-state index in [2.05, 4.69) is 17.1 Å². The fourth-order valence-electron chi connectivity index (χ4n) is 2.67. The third-order valence-electron chi connectivity index (χ3n) is 3.73. The van der Waals surface area contributed by atoms with Crippen LogP contribution < -0.4 is 5.32 Å². The van der Waals surface area contributed by atoms with Crippen molar-refractivity contribution in [1.29, 1.82) is 0 Å². The summed E-state index contributed by atoms with van der Waals surface area (Å²) in [7, 11) is 1.84. The average Bonchev–Trinajstić information content (AvgIpc) is 2.71. The zero-order valence-corrected chi connectivity index (χ0v) is 9.38. The molecule has 2 unspecified atom stereocenters. The molecule has 0 radical (unpaired) electrons. The molecule has 3 heteroatoms. The predicted octanol–water partition coefficient (Wildman–Crippen LogP) is 0.849. The van der Waals surface area contributed by atoms with Crippen molar-refractivity contribution in [3.8, 4) is 0 Å². The Kier molecular flexibility index (Phi) is 3.10. The number of hydrogen-bond donors (Lipinski definition) is 1. The van der Waals surface area contributed by atoms with Crippen LogP contribution in [-0.2, 0) is 4.74 Å². The summed E-state index contributed by atoms with van der Waals surface area (Å²) in [5.41, 5.74) is 0.0981. The maximum atomic E-state index is 5.61. The number of ether oxygens (including phenoxy) is 1. The van der Waals surface area contributed by atoms with Crippen molar-refractivity contribution in [3.05, 3.63) is 0 Å². The predicted molar refractivity (Wildman–Crippen MR) is 57.5 cm³/mol. The van der Waals surface area contributed by atoms with E-state index in [1.54, 1.807) is 0 Å². The van der Waals surface area contributed by atoms with Crippen LogP contribution in [-0.4, -0.2) is 49.8 Å². The lowest BCUT2D eigenvalue weighted by Gasteiger charge is -2.42. The molecule has 2 rings (SSSR count). The smallest absolute Gasteiger partial charge is 0.0777 e. The number of likely N-dealkylation sites (tertiary alicyclic amines) is 1. The Morgan fingerprint density at radius 3 is 3.00 bits per heavy atom. The van der Waals surface area contributed by atoms with Gasteiger partial charge in [-0.05, 0) is 39.3 Å². The summed E-state index contributed by atoms with van der Waals surface area (Å²) in [6.45, 7) is 6.95. The molecule has 0 spiro atoms. The SMILES string of the molecule is COC1(C)CCCN(C2CCNC2)C1. The Morgan fingerprint density at radius 1 is 1.50 bits per heavy atom. The molecule has 2 heterocycles. The molecule has 0 aliphatic carbocycles. The minimum atomic E-state index is 0.0981. The van der Waals surface area contributed by atoms with Gasteiger partial charge in [-0.25, -0.2) is 0 Å². The number of nitrogens with one attached hydrogen (secondary N) is 1. The van der Waals surface area contributed by atoms with Gasteiger partial charge in [-0.15, -0.1) is 0 Å². The van der Waals surface area contributed by atoms with Crippen molar-refractivity contribution in [3.63, 3.8) is 0 Å². The Labute approximate surface area is 86.8 Å². The maximum absolute atomic E-state index is 5.61. The van der Waals surface area contributed by atoms with Crippen LogP contribution in [0.2, 0.25) is 0 Å². The summed E-state index contributed by atoms with van der Waals surface area (Å²) in [5.74, 6) is 0. The van der Waals surface area contributed by atoms with Crippen LogP contribution in [0.15, 0.2) is 0 Å². The molecular weight excluding hydrogens is 176 g/mol. The van der Waals surface area contributed by atoms with Crippen LogP contribution in [0.4, 0.5) is 0 Å². The van der Waals surface area contributed by atoms with Gasteiger partial charge in [0.05, 0.1) is 5.60 Å². The van der Waals surface area contributed by atoms with E-state index in [1.807, 2.05) is 7.11 Å². The molecule has 2 aliphatic rings. The molecule has 0 saturated carbocycles. The molecule has 1 N–H and O–H groups in total. The van der Waals surface area contributed by atoms with Gasteiger partial charge >= 0.3 is 0 Å². The fraction of sp³-hybridized carbons (Fsp3) is 1.00. The first-order valence-corrected chi connectivity index (χ1v) is 5.73. The highest BCUT2D eigenvalue weighted by atomic mass is 16.5. The quantitative estimate of drug-likeness (QED) is 0.712. The average molecular weight is 198 g/mol. The van der Waals surface area contributed by atoms with E-state index in [-0.39, 0.29) is 5.60 Å². The van der Waals surface area contributed by atoms with Gasteiger partial charge in [0.1, 0.15) is 0 Å². The lowest BCUT2D eigenvalue weighted by atomic mass is 9.93. The molecule has 14 heavy (non-hydrogen) atoms. The van der Waals surface area contributed by atoms with E-state index < -0.39 is 0 Å². The molecule has 0 aromatic carbocycles. The van der Waals surface area contributed by atoms with E-state index in [0.717, 1.165) is 12.6 Å². The number of piperidine rings is 1. The van der Waals surface area contributed by atoms with E-state index >= 15 is 0 Å². The lowest BCUT2D eigenvalue weighted by Crippen LogP contribution is -2.51.